The molecular weight excluding hydrogens is 142 g/mol. The van der Waals surface area contributed by atoms with Gasteiger partial charge in [0.2, 0.25) is 0 Å². The van der Waals surface area contributed by atoms with Crippen LogP contribution in [-0.2, 0) is 0 Å². The number of rotatable bonds is 3. The van der Waals surface area contributed by atoms with Gasteiger partial charge < -0.3 is 10.4 Å². The molecule has 1 rings (SSSR count). The van der Waals surface area contributed by atoms with Crippen molar-refractivity contribution in [2.75, 3.05) is 0 Å². The van der Waals surface area contributed by atoms with E-state index in [2.05, 4.69) is 9.97 Å². The lowest BCUT2D eigenvalue weighted by atomic mass is 10.5. The minimum Gasteiger partial charge on any atom is -0.336 e. The molecular formula is C7H7N3O. The first-order valence-corrected chi connectivity index (χ1v) is 3.04. The zero-order valence-electron chi connectivity index (χ0n) is 5.74. The summed E-state index contributed by atoms with van der Waals surface area (Å²) in [6, 6.07) is 0. The molecule has 1 heterocycles. The predicted molar refractivity (Wildman–Crippen MR) is 41.8 cm³/mol. The highest BCUT2D eigenvalue weighted by Gasteiger charge is 1.92. The van der Waals surface area contributed by atoms with Crippen molar-refractivity contribution >= 4 is 18.6 Å². The third-order valence-corrected chi connectivity index (χ3v) is 1.09. The van der Waals surface area contributed by atoms with Crippen molar-refractivity contribution in [2.45, 2.75) is 0 Å². The van der Waals surface area contributed by atoms with E-state index in [-0.39, 0.29) is 0 Å². The van der Waals surface area contributed by atoms with Crippen molar-refractivity contribution in [3.05, 3.63) is 23.8 Å². The Morgan fingerprint density at radius 2 is 2.45 bits per heavy atom. The van der Waals surface area contributed by atoms with Crippen LogP contribution in [0.25, 0.3) is 6.08 Å². The molecule has 1 aromatic heterocycles. The summed E-state index contributed by atoms with van der Waals surface area (Å²) >= 11 is 0. The van der Waals surface area contributed by atoms with Crippen LogP contribution >= 0.6 is 0 Å². The van der Waals surface area contributed by atoms with E-state index in [4.69, 9.17) is 5.41 Å². The molecule has 0 bridgehead atoms. The Hall–Kier alpha value is -1.71. The van der Waals surface area contributed by atoms with Crippen molar-refractivity contribution in [2.24, 2.45) is 0 Å². The lowest BCUT2D eigenvalue weighted by Gasteiger charge is -1.79. The van der Waals surface area contributed by atoms with Gasteiger partial charge in [0, 0.05) is 6.21 Å². The topological polar surface area (TPSA) is 69.6 Å². The standard InChI is InChI=1S/C7H7N3O/c8-3-1-2-7-9-4-6(5-11)10-7/h1-5,8H,(H,9,10). The molecule has 0 aromatic carbocycles. The monoisotopic (exact) mass is 149 g/mol. The van der Waals surface area contributed by atoms with Crippen LogP contribution in [0.15, 0.2) is 12.3 Å². The summed E-state index contributed by atoms with van der Waals surface area (Å²) in [5.41, 5.74) is 0.439. The average Bonchev–Trinajstić information content (AvgIpc) is 2.48. The summed E-state index contributed by atoms with van der Waals surface area (Å²) in [4.78, 5) is 16.7. The molecule has 2 N–H and O–H groups in total. The average molecular weight is 149 g/mol. The number of imidazole rings is 1. The molecule has 0 radical (unpaired) electrons. The highest BCUT2D eigenvalue weighted by molar-refractivity contribution is 5.76. The van der Waals surface area contributed by atoms with E-state index >= 15 is 0 Å². The molecule has 0 fully saturated rings. The highest BCUT2D eigenvalue weighted by atomic mass is 16.1. The number of nitrogens with one attached hydrogen (secondary N) is 2. The number of allylic oxidation sites excluding steroid dienone is 1. The second-order valence-electron chi connectivity index (χ2n) is 1.87. The number of carbonyl (C=O) groups excluding carboxylic acids is 1. The molecule has 0 aliphatic heterocycles. The second-order valence-corrected chi connectivity index (χ2v) is 1.87. The van der Waals surface area contributed by atoms with Gasteiger partial charge in [-0.2, -0.15) is 0 Å². The quantitative estimate of drug-likeness (QED) is 0.494. The fourth-order valence-corrected chi connectivity index (χ4v) is 0.635. The van der Waals surface area contributed by atoms with Crippen LogP contribution < -0.4 is 0 Å². The van der Waals surface area contributed by atoms with Gasteiger partial charge in [-0.05, 0) is 12.2 Å². The minimum atomic E-state index is 0.439. The van der Waals surface area contributed by atoms with Gasteiger partial charge in [-0.25, -0.2) is 4.98 Å². The lowest BCUT2D eigenvalue weighted by molar-refractivity contribution is 0.111. The zero-order valence-corrected chi connectivity index (χ0v) is 5.74. The van der Waals surface area contributed by atoms with Gasteiger partial charge in [0.25, 0.3) is 0 Å². The molecule has 0 atom stereocenters. The number of hydrogen-bond donors (Lipinski definition) is 2. The molecule has 0 saturated heterocycles. The predicted octanol–water partition coefficient (Wildman–Crippen LogP) is 0.885. The van der Waals surface area contributed by atoms with Gasteiger partial charge in [-0.3, -0.25) is 4.79 Å². The zero-order chi connectivity index (χ0) is 8.10. The Kier molecular flexibility index (Phi) is 2.32. The SMILES string of the molecule is N=CC=Cc1ncc(C=O)[nH]1. The number of carbonyl (C=O) groups is 1. The first-order valence-electron chi connectivity index (χ1n) is 3.04. The Labute approximate surface area is 63.5 Å². The van der Waals surface area contributed by atoms with E-state index < -0.39 is 0 Å². The van der Waals surface area contributed by atoms with Crippen LogP contribution in [0, 0.1) is 5.41 Å². The first kappa shape index (κ1) is 7.40. The third kappa shape index (κ3) is 1.86. The van der Waals surface area contributed by atoms with E-state index in [1.165, 1.54) is 12.3 Å². The highest BCUT2D eigenvalue weighted by Crippen LogP contribution is 1.95. The Morgan fingerprint density at radius 3 is 3.00 bits per heavy atom. The summed E-state index contributed by atoms with van der Waals surface area (Å²) in [6.07, 6.45) is 6.40. The molecule has 0 saturated carbocycles. The number of hydrogen-bond acceptors (Lipinski definition) is 3. The number of aromatic nitrogens is 2. The van der Waals surface area contributed by atoms with Crippen molar-refractivity contribution in [1.82, 2.24) is 9.97 Å². The van der Waals surface area contributed by atoms with Crippen molar-refractivity contribution in [3.8, 4) is 0 Å². The van der Waals surface area contributed by atoms with E-state index in [1.807, 2.05) is 0 Å². The summed E-state index contributed by atoms with van der Waals surface area (Å²) in [6.45, 7) is 0. The first-order chi connectivity index (χ1) is 5.36. The van der Waals surface area contributed by atoms with Gasteiger partial charge in [0.1, 0.15) is 5.82 Å². The molecule has 11 heavy (non-hydrogen) atoms. The van der Waals surface area contributed by atoms with Crippen molar-refractivity contribution in [3.63, 3.8) is 0 Å². The van der Waals surface area contributed by atoms with Crippen LogP contribution in [0.4, 0.5) is 0 Å². The molecule has 4 heteroatoms. The Morgan fingerprint density at radius 1 is 1.64 bits per heavy atom. The van der Waals surface area contributed by atoms with Gasteiger partial charge >= 0.3 is 0 Å². The van der Waals surface area contributed by atoms with Gasteiger partial charge in [-0.15, -0.1) is 0 Å². The van der Waals surface area contributed by atoms with Crippen molar-refractivity contribution in [1.29, 1.82) is 5.41 Å². The maximum atomic E-state index is 10.2. The normalized spacial score (nSPS) is 10.2. The molecule has 0 spiro atoms. The number of H-pyrrole nitrogens is 1. The van der Waals surface area contributed by atoms with Crippen LogP contribution in [0.5, 0.6) is 0 Å². The van der Waals surface area contributed by atoms with Crippen LogP contribution in [0.1, 0.15) is 16.3 Å². The van der Waals surface area contributed by atoms with Gasteiger partial charge in [0.15, 0.2) is 6.29 Å². The number of nitrogens with zero attached hydrogens (tertiary/aromatic N) is 1. The fourth-order valence-electron chi connectivity index (χ4n) is 0.635. The van der Waals surface area contributed by atoms with Gasteiger partial charge in [-0.1, -0.05) is 0 Å². The van der Waals surface area contributed by atoms with Crippen LogP contribution in [-0.4, -0.2) is 22.5 Å². The second kappa shape index (κ2) is 3.46. The third-order valence-electron chi connectivity index (χ3n) is 1.09. The van der Waals surface area contributed by atoms with E-state index in [0.717, 1.165) is 6.21 Å². The maximum Gasteiger partial charge on any atom is 0.167 e. The van der Waals surface area contributed by atoms with E-state index in [9.17, 15) is 4.79 Å². The fraction of sp³-hybridized carbons (Fsp3) is 0. The van der Waals surface area contributed by atoms with Gasteiger partial charge in [0.05, 0.1) is 11.9 Å². The molecule has 56 valence electrons. The smallest absolute Gasteiger partial charge is 0.167 e. The largest absolute Gasteiger partial charge is 0.336 e. The lowest BCUT2D eigenvalue weighted by Crippen LogP contribution is -1.77. The summed E-state index contributed by atoms with van der Waals surface area (Å²) in [7, 11) is 0. The number of aromatic amines is 1. The Balaban J connectivity index is 2.80. The summed E-state index contributed by atoms with van der Waals surface area (Å²) in [5.74, 6) is 0.579. The summed E-state index contributed by atoms with van der Waals surface area (Å²) < 4.78 is 0. The van der Waals surface area contributed by atoms with Crippen LogP contribution in [0.2, 0.25) is 0 Å². The summed E-state index contributed by atoms with van der Waals surface area (Å²) in [5, 5.41) is 6.68. The Bertz CT molecular complexity index is 288. The number of aldehydes is 1. The molecule has 0 aliphatic carbocycles. The van der Waals surface area contributed by atoms with Crippen molar-refractivity contribution < 1.29 is 4.79 Å². The molecule has 0 aliphatic rings. The molecule has 0 unspecified atom stereocenters. The van der Waals surface area contributed by atoms with E-state index in [1.54, 1.807) is 6.08 Å². The maximum absolute atomic E-state index is 10.2. The minimum absolute atomic E-state index is 0.439. The molecule has 4 nitrogen and oxygen atoms in total. The van der Waals surface area contributed by atoms with Crippen LogP contribution in [0.3, 0.4) is 0 Å². The molecule has 1 aromatic rings. The molecule has 0 amide bonds. The van der Waals surface area contributed by atoms with E-state index in [0.29, 0.717) is 17.8 Å².